The van der Waals surface area contributed by atoms with Gasteiger partial charge in [-0.25, -0.2) is 0 Å². The van der Waals surface area contributed by atoms with Crippen LogP contribution in [0.2, 0.25) is 0 Å². The lowest BCUT2D eigenvalue weighted by Crippen LogP contribution is -2.26. The van der Waals surface area contributed by atoms with E-state index in [1.54, 1.807) is 14.2 Å². The molecule has 0 spiro atoms. The van der Waals surface area contributed by atoms with Crippen molar-refractivity contribution in [2.75, 3.05) is 14.2 Å². The Morgan fingerprint density at radius 2 is 1.78 bits per heavy atom. The van der Waals surface area contributed by atoms with Gasteiger partial charge in [-0.2, -0.15) is 0 Å². The van der Waals surface area contributed by atoms with Gasteiger partial charge in [0.2, 0.25) is 0 Å². The number of rotatable bonds is 12. The Kier molecular flexibility index (Phi) is 10.5. The molecule has 1 aromatic carbocycles. The van der Waals surface area contributed by atoms with Crippen LogP contribution in [-0.2, 0) is 6.42 Å². The van der Waals surface area contributed by atoms with Crippen molar-refractivity contribution in [1.82, 2.24) is 0 Å². The van der Waals surface area contributed by atoms with E-state index in [0.29, 0.717) is 24.2 Å². The highest BCUT2D eigenvalue weighted by Gasteiger charge is 2.23. The Balaban J connectivity index is 2.83. The first-order valence-electron chi connectivity index (χ1n) is 10.3. The van der Waals surface area contributed by atoms with Crippen LogP contribution in [0.15, 0.2) is 29.8 Å². The molecule has 1 aromatic rings. The number of hydrogen-bond acceptors (Lipinski definition) is 3. The van der Waals surface area contributed by atoms with Crippen LogP contribution in [0.25, 0.3) is 0 Å². The SMILES string of the molecule is C/C=C(/C)CCCC(CC(C)C(C)C)C(O)Cc1ccc(OC)c(OC)c1. The molecule has 1 N–H and O–H groups in total. The molecule has 3 nitrogen and oxygen atoms in total. The molecular formula is C24H40O3. The summed E-state index contributed by atoms with van der Waals surface area (Å²) in [7, 11) is 3.29. The first-order chi connectivity index (χ1) is 12.8. The fourth-order valence-electron chi connectivity index (χ4n) is 3.42. The second-order valence-corrected chi connectivity index (χ2v) is 8.21. The average Bonchev–Trinajstić information content (AvgIpc) is 2.66. The van der Waals surface area contributed by atoms with Crippen molar-refractivity contribution >= 4 is 0 Å². The van der Waals surface area contributed by atoms with E-state index in [1.807, 2.05) is 18.2 Å². The number of aliphatic hydroxyl groups is 1. The van der Waals surface area contributed by atoms with Gasteiger partial charge in [0.05, 0.1) is 20.3 Å². The summed E-state index contributed by atoms with van der Waals surface area (Å²) < 4.78 is 10.7. The Hall–Kier alpha value is -1.48. The molecule has 3 heteroatoms. The van der Waals surface area contributed by atoms with Crippen LogP contribution in [0.4, 0.5) is 0 Å². The highest BCUT2D eigenvalue weighted by molar-refractivity contribution is 5.43. The molecule has 3 unspecified atom stereocenters. The Bertz CT molecular complexity index is 577. The second kappa shape index (κ2) is 12.1. The summed E-state index contributed by atoms with van der Waals surface area (Å²) >= 11 is 0. The molecule has 0 aliphatic carbocycles. The minimum Gasteiger partial charge on any atom is -0.493 e. The Morgan fingerprint density at radius 1 is 1.11 bits per heavy atom. The highest BCUT2D eigenvalue weighted by Crippen LogP contribution is 2.31. The van der Waals surface area contributed by atoms with Gasteiger partial charge in [-0.15, -0.1) is 0 Å². The van der Waals surface area contributed by atoms with Crippen LogP contribution in [0, 0.1) is 17.8 Å². The van der Waals surface area contributed by atoms with Crippen molar-refractivity contribution in [3.63, 3.8) is 0 Å². The molecule has 0 bridgehead atoms. The van der Waals surface area contributed by atoms with Crippen molar-refractivity contribution in [2.24, 2.45) is 17.8 Å². The predicted molar refractivity (Wildman–Crippen MR) is 115 cm³/mol. The fraction of sp³-hybridized carbons (Fsp3) is 0.667. The average molecular weight is 377 g/mol. The Morgan fingerprint density at radius 3 is 2.33 bits per heavy atom. The topological polar surface area (TPSA) is 38.7 Å². The van der Waals surface area contributed by atoms with Crippen LogP contribution in [0.5, 0.6) is 11.5 Å². The summed E-state index contributed by atoms with van der Waals surface area (Å²) in [4.78, 5) is 0. The fourth-order valence-corrected chi connectivity index (χ4v) is 3.42. The summed E-state index contributed by atoms with van der Waals surface area (Å²) in [5, 5.41) is 11.0. The van der Waals surface area contributed by atoms with Crippen LogP contribution in [0.1, 0.15) is 65.9 Å². The van der Waals surface area contributed by atoms with Gasteiger partial charge >= 0.3 is 0 Å². The molecule has 3 atom stereocenters. The number of methoxy groups -OCH3 is 2. The molecule has 0 aromatic heterocycles. The number of allylic oxidation sites excluding steroid dienone is 2. The highest BCUT2D eigenvalue weighted by atomic mass is 16.5. The van der Waals surface area contributed by atoms with Gasteiger partial charge in [0.25, 0.3) is 0 Å². The van der Waals surface area contributed by atoms with Crippen LogP contribution >= 0.6 is 0 Å². The number of aliphatic hydroxyl groups excluding tert-OH is 1. The van der Waals surface area contributed by atoms with E-state index < -0.39 is 0 Å². The minimum atomic E-state index is -0.338. The molecule has 27 heavy (non-hydrogen) atoms. The number of benzene rings is 1. The summed E-state index contributed by atoms with van der Waals surface area (Å²) in [6, 6.07) is 5.93. The van der Waals surface area contributed by atoms with Gasteiger partial charge in [0.1, 0.15) is 0 Å². The zero-order valence-electron chi connectivity index (χ0n) is 18.4. The molecule has 0 heterocycles. The molecule has 0 aliphatic heterocycles. The second-order valence-electron chi connectivity index (χ2n) is 8.21. The van der Waals surface area contributed by atoms with E-state index in [-0.39, 0.29) is 6.10 Å². The Labute approximate surface area is 166 Å². The van der Waals surface area contributed by atoms with Crippen molar-refractivity contribution in [1.29, 1.82) is 0 Å². The van der Waals surface area contributed by atoms with Gasteiger partial charge in [-0.1, -0.05) is 38.5 Å². The number of hydrogen-bond donors (Lipinski definition) is 1. The monoisotopic (exact) mass is 376 g/mol. The third-order valence-electron chi connectivity index (χ3n) is 5.89. The lowest BCUT2D eigenvalue weighted by atomic mass is 9.81. The van der Waals surface area contributed by atoms with Gasteiger partial charge in [0, 0.05) is 0 Å². The lowest BCUT2D eigenvalue weighted by Gasteiger charge is -2.28. The first-order valence-corrected chi connectivity index (χ1v) is 10.3. The standard InChI is InChI=1S/C24H40O3/c1-8-18(4)10-9-11-21(14-19(5)17(2)3)22(25)15-20-12-13-23(26-6)24(16-20)27-7/h8,12-13,16-17,19,21-22,25H,9-11,14-15H2,1-7H3/b18-8-. The molecule has 0 radical (unpaired) electrons. The molecule has 0 saturated carbocycles. The van der Waals surface area contributed by atoms with Crippen molar-refractivity contribution < 1.29 is 14.6 Å². The van der Waals surface area contributed by atoms with Gasteiger partial charge in [-0.3, -0.25) is 0 Å². The van der Waals surface area contributed by atoms with Crippen molar-refractivity contribution in [3.05, 3.63) is 35.4 Å². The maximum absolute atomic E-state index is 11.0. The quantitative estimate of drug-likeness (QED) is 0.452. The van der Waals surface area contributed by atoms with E-state index in [0.717, 1.165) is 42.7 Å². The molecule has 1 rings (SSSR count). The van der Waals surface area contributed by atoms with Crippen LogP contribution < -0.4 is 9.47 Å². The van der Waals surface area contributed by atoms with E-state index >= 15 is 0 Å². The maximum Gasteiger partial charge on any atom is 0.160 e. The zero-order chi connectivity index (χ0) is 20.4. The maximum atomic E-state index is 11.0. The molecule has 0 saturated heterocycles. The van der Waals surface area contributed by atoms with Gasteiger partial charge in [0.15, 0.2) is 11.5 Å². The zero-order valence-corrected chi connectivity index (χ0v) is 18.4. The van der Waals surface area contributed by atoms with E-state index in [4.69, 9.17) is 9.47 Å². The molecular weight excluding hydrogens is 336 g/mol. The van der Waals surface area contributed by atoms with Crippen molar-refractivity contribution in [3.8, 4) is 11.5 Å². The van der Waals surface area contributed by atoms with Crippen LogP contribution in [0.3, 0.4) is 0 Å². The summed E-state index contributed by atoms with van der Waals surface area (Å²) in [6.45, 7) is 11.1. The van der Waals surface area contributed by atoms with E-state index in [9.17, 15) is 5.11 Å². The molecule has 0 fully saturated rings. The summed E-state index contributed by atoms with van der Waals surface area (Å²) in [5.74, 6) is 3.01. The first kappa shape index (κ1) is 23.6. The van der Waals surface area contributed by atoms with E-state index in [2.05, 4.69) is 40.7 Å². The molecule has 154 valence electrons. The van der Waals surface area contributed by atoms with E-state index in [1.165, 1.54) is 5.57 Å². The largest absolute Gasteiger partial charge is 0.493 e. The third-order valence-corrected chi connectivity index (χ3v) is 5.89. The summed E-state index contributed by atoms with van der Waals surface area (Å²) in [5.41, 5.74) is 2.52. The van der Waals surface area contributed by atoms with Crippen molar-refractivity contribution in [2.45, 2.75) is 72.8 Å². The summed E-state index contributed by atoms with van der Waals surface area (Å²) in [6.07, 6.45) is 6.89. The minimum absolute atomic E-state index is 0.320. The lowest BCUT2D eigenvalue weighted by molar-refractivity contribution is 0.0821. The van der Waals surface area contributed by atoms with Gasteiger partial charge < -0.3 is 14.6 Å². The third kappa shape index (κ3) is 7.96. The van der Waals surface area contributed by atoms with Crippen LogP contribution in [-0.4, -0.2) is 25.4 Å². The molecule has 0 aliphatic rings. The number of ether oxygens (including phenoxy) is 2. The smallest absolute Gasteiger partial charge is 0.160 e. The molecule has 0 amide bonds. The predicted octanol–water partition coefficient (Wildman–Crippen LogP) is 6.04. The van der Waals surface area contributed by atoms with Gasteiger partial charge in [-0.05, 0) is 81.4 Å². The normalized spacial score (nSPS) is 15.5.